The molecule has 1 N–H and O–H groups in total. The number of likely N-dealkylation sites (N-methyl/N-ethyl adjacent to an activating group) is 1. The van der Waals surface area contributed by atoms with E-state index in [0.29, 0.717) is 23.9 Å². The van der Waals surface area contributed by atoms with Gasteiger partial charge in [0.25, 0.3) is 7.82 Å². The molecule has 458 valence electrons. The monoisotopic (exact) mass is 1130 g/mol. The van der Waals surface area contributed by atoms with Crippen molar-refractivity contribution in [1.82, 2.24) is 5.32 Å². The number of nitrogens with one attached hydrogen (secondary N) is 1. The summed E-state index contributed by atoms with van der Waals surface area (Å²) in [4.78, 5) is 40.0. The van der Waals surface area contributed by atoms with Gasteiger partial charge in [-0.15, -0.1) is 0 Å². The molecule has 0 spiro atoms. The minimum absolute atomic E-state index is 0.0403. The second-order valence-electron chi connectivity index (χ2n) is 22.5. The van der Waals surface area contributed by atoms with Crippen LogP contribution in [0.3, 0.4) is 0 Å². The van der Waals surface area contributed by atoms with Crippen molar-refractivity contribution in [3.63, 3.8) is 0 Å². The van der Waals surface area contributed by atoms with Gasteiger partial charge in [0, 0.05) is 12.8 Å². The van der Waals surface area contributed by atoms with Gasteiger partial charge in [-0.1, -0.05) is 258 Å². The maximum atomic E-state index is 13.6. The van der Waals surface area contributed by atoms with Crippen LogP contribution in [0.25, 0.3) is 0 Å². The van der Waals surface area contributed by atoms with Gasteiger partial charge in [0.2, 0.25) is 5.91 Å². The molecule has 0 aliphatic carbocycles. The number of nitrogens with zero attached hydrogens (tertiary/aromatic N) is 1. The van der Waals surface area contributed by atoms with E-state index < -0.39 is 32.5 Å². The van der Waals surface area contributed by atoms with Crippen LogP contribution in [0.2, 0.25) is 0 Å². The highest BCUT2D eigenvalue weighted by atomic mass is 31.2. The molecule has 9 nitrogen and oxygen atoms in total. The number of quaternary nitrogens is 1. The van der Waals surface area contributed by atoms with Crippen LogP contribution in [-0.2, 0) is 27.9 Å². The first-order chi connectivity index (χ1) is 38.9. The van der Waals surface area contributed by atoms with E-state index in [-0.39, 0.29) is 18.9 Å². The molecule has 0 aromatic carbocycles. The van der Waals surface area contributed by atoms with Crippen LogP contribution in [0.5, 0.6) is 0 Å². The number of carbonyl (C=O) groups excluding carboxylic acids is 2. The van der Waals surface area contributed by atoms with E-state index in [1.807, 2.05) is 39.4 Å². The summed E-state index contributed by atoms with van der Waals surface area (Å²) >= 11 is 0. The Morgan fingerprint density at radius 1 is 0.450 bits per heavy atom. The number of phosphoric ester groups is 1. The van der Waals surface area contributed by atoms with Gasteiger partial charge in [0.15, 0.2) is 0 Å². The second kappa shape index (κ2) is 58.6. The molecule has 80 heavy (non-hydrogen) atoms. The Hall–Kier alpha value is -3.59. The van der Waals surface area contributed by atoms with Crippen molar-refractivity contribution in [2.45, 2.75) is 270 Å². The van der Waals surface area contributed by atoms with Crippen molar-refractivity contribution in [2.75, 3.05) is 40.9 Å². The van der Waals surface area contributed by atoms with Crippen molar-refractivity contribution < 1.29 is 37.3 Å². The van der Waals surface area contributed by atoms with Crippen LogP contribution in [0.1, 0.15) is 258 Å². The number of amides is 1. The van der Waals surface area contributed by atoms with E-state index in [2.05, 4.69) is 123 Å². The Labute approximate surface area is 493 Å². The second-order valence-corrected chi connectivity index (χ2v) is 23.9. The molecule has 0 aromatic rings. The van der Waals surface area contributed by atoms with Crippen LogP contribution in [-0.4, -0.2) is 69.4 Å². The normalized spacial score (nSPS) is 14.4. The number of hydrogen-bond acceptors (Lipinski definition) is 7. The number of esters is 1. The predicted octanol–water partition coefficient (Wildman–Crippen LogP) is 19.6. The fraction of sp³-hybridized carbons (Fsp3) is 0.686. The number of rotatable bonds is 57. The van der Waals surface area contributed by atoms with E-state index in [0.717, 1.165) is 103 Å². The lowest BCUT2D eigenvalue weighted by atomic mass is 10.0. The Morgan fingerprint density at radius 3 is 1.25 bits per heavy atom. The standard InChI is InChI=1S/C70H121N2O7P/c1-7-10-13-16-19-22-25-28-30-32-34-35-36-37-39-40-42-44-47-50-53-56-59-62-69(73)71-67(66-78-80(75,76)77-65-64-72(4,5)6)68(61-58-55-52-49-46-27-24-21-18-15-12-9-3)79-70(74)63-60-57-54-51-48-45-43-41-38-33-31-29-26-23-20-17-14-11-8-2/h11,14,19-20,22-23,28-31,34-35,38,41,45,48,54,57-58,61,67-68H,7-10,12-13,15-18,21,24-27,32-33,36-37,39-40,42-44,46-47,49-53,55-56,59-60,62-66H2,1-6H3,(H-,71,73,75,76)/b14-11-,22-19-,23-20-,30-28-,31-29-,35-34-,41-38-,48-45-,57-54-,61-58-. The number of phosphoric acid groups is 1. The number of carbonyl (C=O) groups is 2. The van der Waals surface area contributed by atoms with Crippen molar-refractivity contribution >= 4 is 19.7 Å². The van der Waals surface area contributed by atoms with E-state index in [1.165, 1.54) is 116 Å². The minimum Gasteiger partial charge on any atom is -0.756 e. The number of ether oxygens (including phenoxy) is 1. The molecule has 0 aliphatic heterocycles. The first kappa shape index (κ1) is 76.4. The van der Waals surface area contributed by atoms with E-state index in [9.17, 15) is 19.0 Å². The zero-order valence-corrected chi connectivity index (χ0v) is 53.1. The van der Waals surface area contributed by atoms with E-state index >= 15 is 0 Å². The van der Waals surface area contributed by atoms with E-state index in [4.69, 9.17) is 13.8 Å². The fourth-order valence-electron chi connectivity index (χ4n) is 8.67. The van der Waals surface area contributed by atoms with Gasteiger partial charge in [-0.3, -0.25) is 14.2 Å². The SMILES string of the molecule is CC/C=C\C/C=C\C/C=C\C/C=C\C/C=C\C/C=C\CCC(=O)OC(/C=C\CCCCCCCCCCCC)C(COP(=O)([O-])OCC[N+](C)(C)C)NC(=O)CCCCCCCCCCCC/C=C\C/C=C\C/C=C\CCCCC. The quantitative estimate of drug-likeness (QED) is 0.0212. The molecule has 0 fully saturated rings. The molecule has 0 aliphatic rings. The smallest absolute Gasteiger partial charge is 0.306 e. The maximum Gasteiger partial charge on any atom is 0.306 e. The summed E-state index contributed by atoms with van der Waals surface area (Å²) in [6.45, 7) is 6.64. The molecule has 3 unspecified atom stereocenters. The zero-order chi connectivity index (χ0) is 58.6. The van der Waals surface area contributed by atoms with Gasteiger partial charge in [0.1, 0.15) is 19.3 Å². The van der Waals surface area contributed by atoms with Crippen molar-refractivity contribution in [2.24, 2.45) is 0 Å². The molecule has 10 heteroatoms. The lowest BCUT2D eigenvalue weighted by molar-refractivity contribution is -0.870. The molecule has 0 saturated carbocycles. The molecule has 0 rings (SSSR count). The Morgan fingerprint density at radius 2 is 0.812 bits per heavy atom. The molecular weight excluding hydrogens is 1010 g/mol. The van der Waals surface area contributed by atoms with Gasteiger partial charge < -0.3 is 28.5 Å². The van der Waals surface area contributed by atoms with Crippen LogP contribution in [0, 0.1) is 0 Å². The van der Waals surface area contributed by atoms with Crippen LogP contribution in [0.15, 0.2) is 122 Å². The molecule has 0 heterocycles. The highest BCUT2D eigenvalue weighted by Gasteiger charge is 2.27. The molecule has 1 amide bonds. The predicted molar refractivity (Wildman–Crippen MR) is 343 cm³/mol. The summed E-state index contributed by atoms with van der Waals surface area (Å²) in [6.07, 6.45) is 81.8. The molecule has 3 atom stereocenters. The van der Waals surface area contributed by atoms with Crippen molar-refractivity contribution in [1.29, 1.82) is 0 Å². The lowest BCUT2D eigenvalue weighted by Crippen LogP contribution is -2.47. The topological polar surface area (TPSA) is 114 Å². The first-order valence-corrected chi connectivity index (χ1v) is 33.8. The van der Waals surface area contributed by atoms with Gasteiger partial charge in [0.05, 0.1) is 33.8 Å². The highest BCUT2D eigenvalue weighted by Crippen LogP contribution is 2.38. The molecular formula is C70H121N2O7P. The number of hydrogen-bond donors (Lipinski definition) is 1. The minimum atomic E-state index is -4.73. The zero-order valence-electron chi connectivity index (χ0n) is 52.2. The number of allylic oxidation sites excluding steroid dienone is 19. The summed E-state index contributed by atoms with van der Waals surface area (Å²) in [5.74, 6) is -0.648. The Balaban J connectivity index is 5.30. The summed E-state index contributed by atoms with van der Waals surface area (Å²) < 4.78 is 30.3. The summed E-state index contributed by atoms with van der Waals surface area (Å²) in [5.41, 5.74) is 0. The Kier molecular flexibility index (Phi) is 56.0. The third-order valence-corrected chi connectivity index (χ3v) is 14.6. The Bertz CT molecular complexity index is 1780. The molecule has 0 radical (unpaired) electrons. The van der Waals surface area contributed by atoms with Crippen LogP contribution in [0.4, 0.5) is 0 Å². The lowest BCUT2D eigenvalue weighted by Gasteiger charge is -2.30. The van der Waals surface area contributed by atoms with Crippen LogP contribution >= 0.6 is 7.82 Å². The van der Waals surface area contributed by atoms with Crippen LogP contribution < -0.4 is 10.2 Å². The van der Waals surface area contributed by atoms with Gasteiger partial charge >= 0.3 is 5.97 Å². The van der Waals surface area contributed by atoms with E-state index in [1.54, 1.807) is 6.08 Å². The third kappa shape index (κ3) is 59.0. The number of unbranched alkanes of at least 4 members (excludes halogenated alkanes) is 23. The molecule has 0 saturated heterocycles. The third-order valence-electron chi connectivity index (χ3n) is 13.6. The summed E-state index contributed by atoms with van der Waals surface area (Å²) in [6, 6.07) is -0.930. The molecule has 0 aromatic heterocycles. The average molecular weight is 1130 g/mol. The average Bonchev–Trinajstić information content (AvgIpc) is 3.43. The maximum absolute atomic E-state index is 13.6. The fourth-order valence-corrected chi connectivity index (χ4v) is 9.39. The summed E-state index contributed by atoms with van der Waals surface area (Å²) in [7, 11) is 1.13. The van der Waals surface area contributed by atoms with Gasteiger partial charge in [-0.25, -0.2) is 0 Å². The van der Waals surface area contributed by atoms with Crippen molar-refractivity contribution in [3.05, 3.63) is 122 Å². The van der Waals surface area contributed by atoms with Gasteiger partial charge in [-0.2, -0.15) is 0 Å². The highest BCUT2D eigenvalue weighted by molar-refractivity contribution is 7.45. The van der Waals surface area contributed by atoms with Crippen molar-refractivity contribution in [3.8, 4) is 0 Å². The molecule has 0 bridgehead atoms. The first-order valence-electron chi connectivity index (χ1n) is 32.3. The van der Waals surface area contributed by atoms with Gasteiger partial charge in [-0.05, 0) is 109 Å². The summed E-state index contributed by atoms with van der Waals surface area (Å²) in [5, 5.41) is 3.01. The largest absolute Gasteiger partial charge is 0.756 e.